The maximum atomic E-state index is 11.9. The molecule has 2 rings (SSSR count). The lowest BCUT2D eigenvalue weighted by Gasteiger charge is -2.06. The number of carboxylic acids is 1. The molecule has 1 aliphatic carbocycles. The first-order chi connectivity index (χ1) is 9.00. The number of hydrogen-bond donors (Lipinski definition) is 3. The molecular formula is C11H16N2O4S2. The minimum absolute atomic E-state index is 0.149. The molecule has 0 amide bonds. The molecule has 6 nitrogen and oxygen atoms in total. The molecule has 0 radical (unpaired) electrons. The minimum Gasteiger partial charge on any atom is -0.477 e. The van der Waals surface area contributed by atoms with Crippen LogP contribution in [0.1, 0.15) is 28.9 Å². The Morgan fingerprint density at radius 3 is 2.79 bits per heavy atom. The lowest BCUT2D eigenvalue weighted by molar-refractivity contribution is 0.0698. The molecular weight excluding hydrogens is 288 g/mol. The first kappa shape index (κ1) is 14.4. The summed E-state index contributed by atoms with van der Waals surface area (Å²) in [7, 11) is -3.73. The van der Waals surface area contributed by atoms with Crippen LogP contribution < -0.4 is 10.0 Å². The standard InChI is InChI=1S/C11H16N2O4S2/c14-11(15)10-9(4-7-18-10)19(16,17)13-6-1-5-12-8-2-3-8/h4,7-8,12-13H,1-3,5-6H2,(H,14,15). The number of nitrogens with one attached hydrogen (secondary N) is 2. The van der Waals surface area contributed by atoms with Gasteiger partial charge in [-0.3, -0.25) is 0 Å². The van der Waals surface area contributed by atoms with E-state index in [1.807, 2.05) is 0 Å². The van der Waals surface area contributed by atoms with Crippen molar-refractivity contribution in [3.8, 4) is 0 Å². The Morgan fingerprint density at radius 2 is 2.16 bits per heavy atom. The van der Waals surface area contributed by atoms with Crippen LogP contribution in [0.5, 0.6) is 0 Å². The van der Waals surface area contributed by atoms with E-state index in [4.69, 9.17) is 5.11 Å². The highest BCUT2D eigenvalue weighted by molar-refractivity contribution is 7.89. The van der Waals surface area contributed by atoms with Crippen molar-refractivity contribution in [1.29, 1.82) is 0 Å². The van der Waals surface area contributed by atoms with E-state index in [9.17, 15) is 13.2 Å². The lowest BCUT2D eigenvalue weighted by atomic mass is 10.4. The zero-order chi connectivity index (χ0) is 13.9. The summed E-state index contributed by atoms with van der Waals surface area (Å²) in [5.41, 5.74) is 0. The van der Waals surface area contributed by atoms with Gasteiger partial charge in [0.05, 0.1) is 0 Å². The van der Waals surface area contributed by atoms with Crippen LogP contribution in [0.3, 0.4) is 0 Å². The Labute approximate surface area is 115 Å². The van der Waals surface area contributed by atoms with Crippen LogP contribution in [0.4, 0.5) is 0 Å². The first-order valence-electron chi connectivity index (χ1n) is 6.04. The van der Waals surface area contributed by atoms with Gasteiger partial charge in [0.25, 0.3) is 0 Å². The van der Waals surface area contributed by atoms with Gasteiger partial charge < -0.3 is 10.4 Å². The fraction of sp³-hybridized carbons (Fsp3) is 0.545. The minimum atomic E-state index is -3.73. The van der Waals surface area contributed by atoms with E-state index in [0.29, 0.717) is 19.0 Å². The summed E-state index contributed by atoms with van der Waals surface area (Å²) in [6.45, 7) is 1.07. The normalized spacial score (nSPS) is 15.6. The molecule has 1 aromatic heterocycles. The highest BCUT2D eigenvalue weighted by Gasteiger charge is 2.23. The van der Waals surface area contributed by atoms with Crippen molar-refractivity contribution in [2.45, 2.75) is 30.2 Å². The Balaban J connectivity index is 1.86. The molecule has 0 aromatic carbocycles. The first-order valence-corrected chi connectivity index (χ1v) is 8.41. The largest absolute Gasteiger partial charge is 0.477 e. The van der Waals surface area contributed by atoms with Crippen LogP contribution in [-0.2, 0) is 10.0 Å². The summed E-state index contributed by atoms with van der Waals surface area (Å²) >= 11 is 0.909. The van der Waals surface area contributed by atoms with E-state index in [0.717, 1.165) is 17.9 Å². The molecule has 8 heteroatoms. The van der Waals surface area contributed by atoms with Crippen LogP contribution in [0.15, 0.2) is 16.3 Å². The van der Waals surface area contributed by atoms with Gasteiger partial charge in [0, 0.05) is 12.6 Å². The SMILES string of the molecule is O=C(O)c1sccc1S(=O)(=O)NCCCNC1CC1. The average Bonchev–Trinajstić information content (AvgIpc) is 3.01. The predicted octanol–water partition coefficient (Wildman–Crippen LogP) is 0.867. The van der Waals surface area contributed by atoms with Crippen molar-refractivity contribution < 1.29 is 18.3 Å². The molecule has 1 fully saturated rings. The lowest BCUT2D eigenvalue weighted by Crippen LogP contribution is -2.28. The third-order valence-corrected chi connectivity index (χ3v) is 5.30. The van der Waals surface area contributed by atoms with E-state index >= 15 is 0 Å². The quantitative estimate of drug-likeness (QED) is 0.619. The van der Waals surface area contributed by atoms with Crippen molar-refractivity contribution in [3.63, 3.8) is 0 Å². The summed E-state index contributed by atoms with van der Waals surface area (Å²) in [4.78, 5) is 10.6. The van der Waals surface area contributed by atoms with E-state index in [2.05, 4.69) is 10.0 Å². The molecule has 0 spiro atoms. The number of carbonyl (C=O) groups is 1. The van der Waals surface area contributed by atoms with Gasteiger partial charge in [-0.2, -0.15) is 0 Å². The van der Waals surface area contributed by atoms with Gasteiger partial charge in [0.15, 0.2) is 0 Å². The topological polar surface area (TPSA) is 95.5 Å². The molecule has 106 valence electrons. The summed E-state index contributed by atoms with van der Waals surface area (Å²) in [5, 5.41) is 13.6. The third kappa shape index (κ3) is 4.00. The highest BCUT2D eigenvalue weighted by Crippen LogP contribution is 2.21. The maximum Gasteiger partial charge on any atom is 0.347 e. The summed E-state index contributed by atoms with van der Waals surface area (Å²) in [6, 6.07) is 1.92. The Morgan fingerprint density at radius 1 is 1.42 bits per heavy atom. The van der Waals surface area contributed by atoms with Gasteiger partial charge in [0.2, 0.25) is 10.0 Å². The molecule has 0 bridgehead atoms. The van der Waals surface area contributed by atoms with Crippen LogP contribution in [-0.4, -0.2) is 38.6 Å². The Kier molecular flexibility index (Phi) is 4.56. The van der Waals surface area contributed by atoms with Crippen LogP contribution >= 0.6 is 11.3 Å². The van der Waals surface area contributed by atoms with Gasteiger partial charge >= 0.3 is 5.97 Å². The molecule has 0 aliphatic heterocycles. The zero-order valence-corrected chi connectivity index (χ0v) is 11.9. The molecule has 0 saturated heterocycles. The average molecular weight is 304 g/mol. The highest BCUT2D eigenvalue weighted by atomic mass is 32.2. The smallest absolute Gasteiger partial charge is 0.347 e. The molecule has 1 saturated carbocycles. The van der Waals surface area contributed by atoms with Gasteiger partial charge in [-0.15, -0.1) is 11.3 Å². The molecule has 19 heavy (non-hydrogen) atoms. The second kappa shape index (κ2) is 6.00. The maximum absolute atomic E-state index is 11.9. The van der Waals surface area contributed by atoms with Crippen molar-refractivity contribution in [2.75, 3.05) is 13.1 Å². The van der Waals surface area contributed by atoms with Crippen LogP contribution in [0, 0.1) is 0 Å². The fourth-order valence-electron chi connectivity index (χ4n) is 1.63. The van der Waals surface area contributed by atoms with Gasteiger partial charge in [-0.25, -0.2) is 17.9 Å². The number of thiophene rings is 1. The van der Waals surface area contributed by atoms with Crippen molar-refractivity contribution in [2.24, 2.45) is 0 Å². The molecule has 0 atom stereocenters. The number of aromatic carboxylic acids is 1. The second-order valence-corrected chi connectivity index (χ2v) is 7.05. The Bertz CT molecular complexity index is 549. The number of rotatable bonds is 8. The summed E-state index contributed by atoms with van der Waals surface area (Å²) < 4.78 is 26.3. The molecule has 3 N–H and O–H groups in total. The number of sulfonamides is 1. The van der Waals surface area contributed by atoms with Gasteiger partial charge in [-0.1, -0.05) is 0 Å². The van der Waals surface area contributed by atoms with Crippen LogP contribution in [0.2, 0.25) is 0 Å². The molecule has 0 unspecified atom stereocenters. The summed E-state index contributed by atoms with van der Waals surface area (Å²) in [6.07, 6.45) is 3.08. The summed E-state index contributed by atoms with van der Waals surface area (Å²) in [5.74, 6) is -1.22. The van der Waals surface area contributed by atoms with Crippen molar-refractivity contribution in [1.82, 2.24) is 10.0 Å². The van der Waals surface area contributed by atoms with Crippen molar-refractivity contribution >= 4 is 27.3 Å². The monoisotopic (exact) mass is 304 g/mol. The number of hydrogen-bond acceptors (Lipinski definition) is 5. The van der Waals surface area contributed by atoms with E-state index in [1.165, 1.54) is 24.3 Å². The van der Waals surface area contributed by atoms with E-state index in [1.54, 1.807) is 0 Å². The van der Waals surface area contributed by atoms with E-state index in [-0.39, 0.29) is 9.77 Å². The zero-order valence-electron chi connectivity index (χ0n) is 10.3. The predicted molar refractivity (Wildman–Crippen MR) is 72.1 cm³/mol. The van der Waals surface area contributed by atoms with Gasteiger partial charge in [-0.05, 0) is 37.3 Å². The van der Waals surface area contributed by atoms with Crippen molar-refractivity contribution in [3.05, 3.63) is 16.3 Å². The molecule has 1 heterocycles. The van der Waals surface area contributed by atoms with E-state index < -0.39 is 16.0 Å². The third-order valence-electron chi connectivity index (χ3n) is 2.77. The Hall–Kier alpha value is -0.960. The molecule has 1 aromatic rings. The number of carboxylic acid groups (broad SMARTS) is 1. The molecule has 1 aliphatic rings. The van der Waals surface area contributed by atoms with Crippen LogP contribution in [0.25, 0.3) is 0 Å². The second-order valence-electron chi connectivity index (χ2n) is 4.40. The van der Waals surface area contributed by atoms with Gasteiger partial charge in [0.1, 0.15) is 9.77 Å². The fourth-order valence-corrected chi connectivity index (χ4v) is 3.96.